The number of anilines is 1. The van der Waals surface area contributed by atoms with Crippen LogP contribution in [-0.2, 0) is 9.53 Å². The second-order valence-corrected chi connectivity index (χ2v) is 7.98. The molecular formula is C23H22ClNO4S. The predicted octanol–water partition coefficient (Wildman–Crippen LogP) is 5.88. The molecule has 3 aromatic rings. The Labute approximate surface area is 184 Å². The average Bonchev–Trinajstić information content (AvgIpc) is 3.13. The first-order chi connectivity index (χ1) is 14.4. The predicted molar refractivity (Wildman–Crippen MR) is 121 cm³/mol. The molecule has 1 N–H and O–H groups in total. The number of hydrogen-bond acceptors (Lipinski definition) is 5. The zero-order valence-electron chi connectivity index (χ0n) is 17.0. The highest BCUT2D eigenvalue weighted by Gasteiger charge is 2.23. The molecule has 0 bridgehead atoms. The minimum absolute atomic E-state index is 0.168. The largest absolute Gasteiger partial charge is 0.484 e. The SMILES string of the molecule is CCOC(=O)c1c(-c2ccc(Cl)cc2)csc1NC(=O)COc1ccc(C)c(C)c1. The zero-order valence-corrected chi connectivity index (χ0v) is 18.5. The number of thiophene rings is 1. The highest BCUT2D eigenvalue weighted by atomic mass is 35.5. The van der Waals surface area contributed by atoms with E-state index in [1.807, 2.05) is 49.6 Å². The molecule has 1 amide bonds. The fraction of sp³-hybridized carbons (Fsp3) is 0.217. The number of rotatable bonds is 7. The number of carbonyl (C=O) groups excluding carboxylic acids is 2. The number of benzene rings is 2. The summed E-state index contributed by atoms with van der Waals surface area (Å²) in [5.41, 5.74) is 4.05. The van der Waals surface area contributed by atoms with Crippen LogP contribution in [0.2, 0.25) is 5.02 Å². The Hall–Kier alpha value is -2.83. The molecule has 0 saturated heterocycles. The second kappa shape index (κ2) is 9.78. The molecule has 0 aliphatic carbocycles. The summed E-state index contributed by atoms with van der Waals surface area (Å²) in [7, 11) is 0. The normalized spacial score (nSPS) is 10.5. The fourth-order valence-corrected chi connectivity index (χ4v) is 3.91. The van der Waals surface area contributed by atoms with Gasteiger partial charge in [0.15, 0.2) is 6.61 Å². The van der Waals surface area contributed by atoms with Crippen molar-refractivity contribution in [2.45, 2.75) is 20.8 Å². The van der Waals surface area contributed by atoms with Gasteiger partial charge in [-0.1, -0.05) is 29.8 Å². The van der Waals surface area contributed by atoms with Crippen molar-refractivity contribution >= 4 is 39.8 Å². The molecule has 0 saturated carbocycles. The summed E-state index contributed by atoms with van der Waals surface area (Å²) in [6.07, 6.45) is 0. The molecule has 156 valence electrons. The van der Waals surface area contributed by atoms with Gasteiger partial charge < -0.3 is 14.8 Å². The number of esters is 1. The smallest absolute Gasteiger partial charge is 0.341 e. The van der Waals surface area contributed by atoms with E-state index in [1.54, 1.807) is 19.1 Å². The molecule has 0 aliphatic heterocycles. The molecule has 0 unspecified atom stereocenters. The van der Waals surface area contributed by atoms with Gasteiger partial charge in [-0.3, -0.25) is 4.79 Å². The van der Waals surface area contributed by atoms with Gasteiger partial charge in [-0.2, -0.15) is 0 Å². The lowest BCUT2D eigenvalue weighted by atomic mass is 10.0. The van der Waals surface area contributed by atoms with Crippen LogP contribution in [0.4, 0.5) is 5.00 Å². The molecule has 1 heterocycles. The van der Waals surface area contributed by atoms with Crippen LogP contribution < -0.4 is 10.1 Å². The van der Waals surface area contributed by atoms with E-state index in [1.165, 1.54) is 11.3 Å². The van der Waals surface area contributed by atoms with Gasteiger partial charge in [0.25, 0.3) is 5.91 Å². The third kappa shape index (κ3) is 5.20. The third-order valence-electron chi connectivity index (χ3n) is 4.53. The van der Waals surface area contributed by atoms with Crippen molar-refractivity contribution in [3.8, 4) is 16.9 Å². The number of nitrogens with one attached hydrogen (secondary N) is 1. The fourth-order valence-electron chi connectivity index (χ4n) is 2.81. The number of aryl methyl sites for hydroxylation is 2. The first-order valence-corrected chi connectivity index (χ1v) is 10.7. The molecule has 5 nitrogen and oxygen atoms in total. The number of carbonyl (C=O) groups is 2. The summed E-state index contributed by atoms with van der Waals surface area (Å²) < 4.78 is 10.8. The summed E-state index contributed by atoms with van der Waals surface area (Å²) in [5, 5.41) is 5.61. The third-order valence-corrected chi connectivity index (χ3v) is 5.67. The van der Waals surface area contributed by atoms with Gasteiger partial charge in [0, 0.05) is 16.0 Å². The van der Waals surface area contributed by atoms with Crippen molar-refractivity contribution in [1.29, 1.82) is 0 Å². The molecule has 0 atom stereocenters. The number of halogens is 1. The van der Waals surface area contributed by atoms with E-state index in [0.717, 1.165) is 16.7 Å². The molecule has 0 spiro atoms. The quantitative estimate of drug-likeness (QED) is 0.463. The molecule has 0 radical (unpaired) electrons. The Morgan fingerprint density at radius 1 is 1.07 bits per heavy atom. The molecule has 2 aromatic carbocycles. The van der Waals surface area contributed by atoms with Gasteiger partial charge in [0.1, 0.15) is 16.3 Å². The van der Waals surface area contributed by atoms with Gasteiger partial charge in [-0.25, -0.2) is 4.79 Å². The average molecular weight is 444 g/mol. The van der Waals surface area contributed by atoms with E-state index in [4.69, 9.17) is 21.1 Å². The first-order valence-electron chi connectivity index (χ1n) is 9.43. The summed E-state index contributed by atoms with van der Waals surface area (Å²) in [4.78, 5) is 25.1. The lowest BCUT2D eigenvalue weighted by Crippen LogP contribution is -2.21. The monoisotopic (exact) mass is 443 g/mol. The van der Waals surface area contributed by atoms with E-state index in [-0.39, 0.29) is 19.1 Å². The van der Waals surface area contributed by atoms with Crippen LogP contribution in [0.1, 0.15) is 28.4 Å². The van der Waals surface area contributed by atoms with Crippen molar-refractivity contribution in [2.24, 2.45) is 0 Å². The van der Waals surface area contributed by atoms with E-state index in [0.29, 0.717) is 26.9 Å². The molecule has 1 aromatic heterocycles. The van der Waals surface area contributed by atoms with Gasteiger partial charge in [-0.05, 0) is 61.7 Å². The van der Waals surface area contributed by atoms with Gasteiger partial charge >= 0.3 is 5.97 Å². The van der Waals surface area contributed by atoms with Crippen molar-refractivity contribution in [3.05, 3.63) is 69.6 Å². The van der Waals surface area contributed by atoms with Crippen molar-refractivity contribution < 1.29 is 19.1 Å². The van der Waals surface area contributed by atoms with Crippen LogP contribution >= 0.6 is 22.9 Å². The van der Waals surface area contributed by atoms with Crippen LogP contribution in [-0.4, -0.2) is 25.1 Å². The van der Waals surface area contributed by atoms with E-state index in [9.17, 15) is 9.59 Å². The van der Waals surface area contributed by atoms with Gasteiger partial charge in [0.2, 0.25) is 0 Å². The van der Waals surface area contributed by atoms with Crippen LogP contribution in [0, 0.1) is 13.8 Å². The lowest BCUT2D eigenvalue weighted by molar-refractivity contribution is -0.118. The Morgan fingerprint density at radius 3 is 2.47 bits per heavy atom. The van der Waals surface area contributed by atoms with Crippen LogP contribution in [0.5, 0.6) is 5.75 Å². The second-order valence-electron chi connectivity index (χ2n) is 6.66. The number of hydrogen-bond donors (Lipinski definition) is 1. The Bertz CT molecular complexity index is 1060. The molecule has 30 heavy (non-hydrogen) atoms. The topological polar surface area (TPSA) is 64.6 Å². The maximum absolute atomic E-state index is 12.6. The van der Waals surface area contributed by atoms with E-state index in [2.05, 4.69) is 5.32 Å². The minimum Gasteiger partial charge on any atom is -0.484 e. The highest BCUT2D eigenvalue weighted by Crippen LogP contribution is 2.36. The molecule has 7 heteroatoms. The van der Waals surface area contributed by atoms with Crippen molar-refractivity contribution in [2.75, 3.05) is 18.5 Å². The number of amides is 1. The van der Waals surface area contributed by atoms with E-state index >= 15 is 0 Å². The van der Waals surface area contributed by atoms with Gasteiger partial charge in [-0.15, -0.1) is 11.3 Å². The first kappa shape index (κ1) is 21.9. The summed E-state index contributed by atoms with van der Waals surface area (Å²) in [6, 6.07) is 12.8. The lowest BCUT2D eigenvalue weighted by Gasteiger charge is -2.10. The Morgan fingerprint density at radius 2 is 1.80 bits per heavy atom. The van der Waals surface area contributed by atoms with Crippen molar-refractivity contribution in [1.82, 2.24) is 0 Å². The Kier molecular flexibility index (Phi) is 7.13. The van der Waals surface area contributed by atoms with Crippen molar-refractivity contribution in [3.63, 3.8) is 0 Å². The Balaban J connectivity index is 1.78. The maximum Gasteiger partial charge on any atom is 0.341 e. The minimum atomic E-state index is -0.492. The molecular weight excluding hydrogens is 422 g/mol. The van der Waals surface area contributed by atoms with Crippen LogP contribution in [0.15, 0.2) is 47.8 Å². The van der Waals surface area contributed by atoms with E-state index < -0.39 is 5.97 Å². The van der Waals surface area contributed by atoms with Crippen LogP contribution in [0.25, 0.3) is 11.1 Å². The van der Waals surface area contributed by atoms with Gasteiger partial charge in [0.05, 0.1) is 6.61 Å². The molecule has 0 aliphatic rings. The molecule has 0 fully saturated rings. The summed E-state index contributed by atoms with van der Waals surface area (Å²) in [5.74, 6) is -0.232. The zero-order chi connectivity index (χ0) is 21.7. The maximum atomic E-state index is 12.6. The standard InChI is InChI=1S/C23H22ClNO4S/c1-4-28-23(27)21-19(16-6-8-17(24)9-7-16)13-30-22(21)25-20(26)12-29-18-10-5-14(2)15(3)11-18/h5-11,13H,4,12H2,1-3H3,(H,25,26). The van der Waals surface area contributed by atoms with Crippen LogP contribution in [0.3, 0.4) is 0 Å². The highest BCUT2D eigenvalue weighted by molar-refractivity contribution is 7.15. The summed E-state index contributed by atoms with van der Waals surface area (Å²) in [6.45, 7) is 5.80. The molecule has 3 rings (SSSR count). The summed E-state index contributed by atoms with van der Waals surface area (Å²) >= 11 is 7.23. The number of ether oxygens (including phenoxy) is 2.